The van der Waals surface area contributed by atoms with Crippen LogP contribution in [0, 0.1) is 0 Å². The maximum atomic E-state index is 11.5. The molecule has 0 aromatic carbocycles. The van der Waals surface area contributed by atoms with Gasteiger partial charge in [-0.1, -0.05) is 52.4 Å². The Kier molecular flexibility index (Phi) is 16.6. The van der Waals surface area contributed by atoms with Crippen molar-refractivity contribution >= 4 is 38.6 Å². The lowest BCUT2D eigenvalue weighted by atomic mass is 10.1. The molecule has 7 heteroatoms. The van der Waals surface area contributed by atoms with Gasteiger partial charge in [-0.25, -0.2) is 8.42 Å². The average Bonchev–Trinajstić information content (AvgIpc) is 2.57. The Morgan fingerprint density at radius 3 is 2.08 bits per heavy atom. The van der Waals surface area contributed by atoms with Crippen LogP contribution < -0.4 is 0 Å². The third kappa shape index (κ3) is 18.9. The number of carbonyl (C=O) groups is 1. The third-order valence-corrected chi connectivity index (χ3v) is 8.54. The lowest BCUT2D eigenvalue weighted by Gasteiger charge is -2.12. The van der Waals surface area contributed by atoms with E-state index in [1.807, 2.05) is 11.8 Å². The zero-order valence-corrected chi connectivity index (χ0v) is 18.4. The molecule has 0 atom stereocenters. The van der Waals surface area contributed by atoms with E-state index in [0.29, 0.717) is 23.1 Å². The Hall–Kier alpha value is 0.280. The lowest BCUT2D eigenvalue weighted by molar-refractivity contribution is -0.116. The molecule has 0 bridgehead atoms. The number of unbranched alkanes of at least 4 members (excludes halogenated alkanes) is 6. The molecular formula is C18H36O4S3. The topological polar surface area (TPSA) is 74.3 Å². The molecule has 4 nitrogen and oxygen atoms in total. The van der Waals surface area contributed by atoms with E-state index in [0.717, 1.165) is 44.3 Å². The molecule has 1 rings (SSSR count). The van der Waals surface area contributed by atoms with Crippen LogP contribution in [0.5, 0.6) is 0 Å². The van der Waals surface area contributed by atoms with Crippen molar-refractivity contribution in [3.05, 3.63) is 0 Å². The average molecular weight is 413 g/mol. The molecule has 25 heavy (non-hydrogen) atoms. The maximum absolute atomic E-state index is 11.5. The van der Waals surface area contributed by atoms with Crippen molar-refractivity contribution in [2.45, 2.75) is 71.6 Å². The number of rotatable bonds is 12. The largest absolute Gasteiger partial charge is 0.748 e. The van der Waals surface area contributed by atoms with Crippen LogP contribution in [0.25, 0.3) is 0 Å². The van der Waals surface area contributed by atoms with Gasteiger partial charge in [-0.3, -0.25) is 4.79 Å². The fourth-order valence-electron chi connectivity index (χ4n) is 2.43. The molecule has 0 aromatic rings. The molecule has 1 aliphatic heterocycles. The lowest BCUT2D eigenvalue weighted by Crippen LogP contribution is -2.27. The van der Waals surface area contributed by atoms with E-state index < -0.39 is 10.1 Å². The van der Waals surface area contributed by atoms with Crippen LogP contribution in [0.15, 0.2) is 0 Å². The normalized spacial score (nSPS) is 15.5. The van der Waals surface area contributed by atoms with Crippen molar-refractivity contribution in [3.8, 4) is 0 Å². The van der Waals surface area contributed by atoms with Gasteiger partial charge in [-0.15, -0.1) is 0 Å². The second kappa shape index (κ2) is 16.5. The van der Waals surface area contributed by atoms with Gasteiger partial charge >= 0.3 is 0 Å². The SMILES string of the molecule is CCCCC(=O)C[S+]1CCSCC1.CCCCCCCCS(=O)(=O)[O-]. The number of hydrogen-bond acceptors (Lipinski definition) is 5. The fourth-order valence-corrected chi connectivity index (χ4v) is 7.12. The predicted molar refractivity (Wildman–Crippen MR) is 112 cm³/mol. The summed E-state index contributed by atoms with van der Waals surface area (Å²) < 4.78 is 30.5. The summed E-state index contributed by atoms with van der Waals surface area (Å²) in [4.78, 5) is 11.5. The summed E-state index contributed by atoms with van der Waals surface area (Å²) in [7, 11) is -3.52. The maximum Gasteiger partial charge on any atom is 0.181 e. The summed E-state index contributed by atoms with van der Waals surface area (Å²) in [6.07, 6.45) is 9.02. The quantitative estimate of drug-likeness (QED) is 0.275. The molecule has 1 fully saturated rings. The van der Waals surface area contributed by atoms with Gasteiger partial charge in [-0.2, -0.15) is 11.8 Å². The van der Waals surface area contributed by atoms with E-state index in [-0.39, 0.29) is 5.75 Å². The van der Waals surface area contributed by atoms with Crippen LogP contribution >= 0.6 is 11.8 Å². The van der Waals surface area contributed by atoms with E-state index in [1.54, 1.807) is 0 Å². The van der Waals surface area contributed by atoms with Gasteiger partial charge in [0, 0.05) is 23.7 Å². The molecule has 1 heterocycles. The van der Waals surface area contributed by atoms with Gasteiger partial charge in [0.1, 0.15) is 11.5 Å². The molecule has 0 N–H and O–H groups in total. The van der Waals surface area contributed by atoms with E-state index in [9.17, 15) is 17.8 Å². The summed E-state index contributed by atoms with van der Waals surface area (Å²) in [6.45, 7) is 4.27. The molecule has 0 spiro atoms. The molecule has 0 saturated carbocycles. The van der Waals surface area contributed by atoms with Crippen molar-refractivity contribution in [1.29, 1.82) is 0 Å². The highest BCUT2D eigenvalue weighted by Gasteiger charge is 2.24. The number of thioether (sulfide) groups is 1. The van der Waals surface area contributed by atoms with Crippen molar-refractivity contribution < 1.29 is 17.8 Å². The highest BCUT2D eigenvalue weighted by Crippen LogP contribution is 2.14. The van der Waals surface area contributed by atoms with E-state index in [2.05, 4.69) is 13.8 Å². The van der Waals surface area contributed by atoms with Gasteiger partial charge < -0.3 is 4.55 Å². The standard InChI is InChI=1S/C10H19OS2.C8H18O3S/c1-2-3-4-10(11)9-13-7-5-12-6-8-13;1-2-3-4-5-6-7-8-12(9,10)11/h2-9H2,1H3;2-8H2,1H3,(H,9,10,11)/q+1;/p-1. The Balaban J connectivity index is 0.000000463. The number of carbonyl (C=O) groups excluding carboxylic acids is 1. The van der Waals surface area contributed by atoms with Crippen LogP contribution in [0.2, 0.25) is 0 Å². The Morgan fingerprint density at radius 2 is 1.52 bits per heavy atom. The van der Waals surface area contributed by atoms with E-state index in [4.69, 9.17) is 0 Å². The number of hydrogen-bond donors (Lipinski definition) is 0. The predicted octanol–water partition coefficient (Wildman–Crippen LogP) is 4.00. The molecule has 0 aromatic heterocycles. The molecule has 0 radical (unpaired) electrons. The molecule has 0 amide bonds. The number of Topliss-reactive ketones (excluding diaryl/α,β-unsaturated/α-hetero) is 1. The zero-order chi connectivity index (χ0) is 19.0. The van der Waals surface area contributed by atoms with Gasteiger partial charge in [-0.05, 0) is 23.7 Å². The Morgan fingerprint density at radius 1 is 0.960 bits per heavy atom. The second-order valence-electron chi connectivity index (χ2n) is 6.45. The monoisotopic (exact) mass is 412 g/mol. The van der Waals surface area contributed by atoms with Crippen LogP contribution in [0.3, 0.4) is 0 Å². The van der Waals surface area contributed by atoms with E-state index in [1.165, 1.54) is 35.9 Å². The minimum atomic E-state index is -3.97. The van der Waals surface area contributed by atoms with Gasteiger partial charge in [0.25, 0.3) is 0 Å². The first-order valence-corrected chi connectivity index (χ1v) is 14.0. The van der Waals surface area contributed by atoms with Crippen molar-refractivity contribution in [1.82, 2.24) is 0 Å². The molecular weight excluding hydrogens is 376 g/mol. The Labute approximate surface area is 162 Å². The smallest absolute Gasteiger partial charge is 0.181 e. The molecule has 0 aliphatic carbocycles. The van der Waals surface area contributed by atoms with Crippen molar-refractivity contribution in [2.75, 3.05) is 34.5 Å². The first-order valence-electron chi connectivity index (χ1n) is 9.56. The summed E-state index contributed by atoms with van der Waals surface area (Å²) in [5, 5.41) is 0. The van der Waals surface area contributed by atoms with Gasteiger partial charge in [0.05, 0.1) is 10.1 Å². The summed E-state index contributed by atoms with van der Waals surface area (Å²) in [6, 6.07) is 0. The molecule has 1 saturated heterocycles. The molecule has 0 unspecified atom stereocenters. The van der Waals surface area contributed by atoms with Crippen molar-refractivity contribution in [3.63, 3.8) is 0 Å². The van der Waals surface area contributed by atoms with Gasteiger partial charge in [0.15, 0.2) is 11.5 Å². The molecule has 150 valence electrons. The first-order chi connectivity index (χ1) is 11.9. The number of ketones is 1. The van der Waals surface area contributed by atoms with E-state index >= 15 is 0 Å². The van der Waals surface area contributed by atoms with Gasteiger partial charge in [0.2, 0.25) is 0 Å². The third-order valence-electron chi connectivity index (χ3n) is 3.95. The van der Waals surface area contributed by atoms with Crippen LogP contribution in [-0.2, 0) is 25.8 Å². The van der Waals surface area contributed by atoms with Crippen molar-refractivity contribution in [2.24, 2.45) is 0 Å². The minimum Gasteiger partial charge on any atom is -0.748 e. The Bertz CT molecular complexity index is 418. The summed E-state index contributed by atoms with van der Waals surface area (Å²) in [5.74, 6) is 6.36. The first kappa shape index (κ1) is 25.3. The molecule has 1 aliphatic rings. The minimum absolute atomic E-state index is 0.195. The summed E-state index contributed by atoms with van der Waals surface area (Å²) in [5.41, 5.74) is 0. The zero-order valence-electron chi connectivity index (χ0n) is 16.0. The van der Waals surface area contributed by atoms with Crippen LogP contribution in [0.4, 0.5) is 0 Å². The second-order valence-corrected chi connectivity index (χ2v) is 11.5. The highest BCUT2D eigenvalue weighted by molar-refractivity contribution is 8.05. The van der Waals surface area contributed by atoms with Crippen LogP contribution in [-0.4, -0.2) is 53.3 Å². The highest BCUT2D eigenvalue weighted by atomic mass is 32.2. The fraction of sp³-hybridized carbons (Fsp3) is 0.944. The van der Waals surface area contributed by atoms with Crippen LogP contribution in [0.1, 0.15) is 71.6 Å². The summed E-state index contributed by atoms with van der Waals surface area (Å²) >= 11 is 2.04.